The van der Waals surface area contributed by atoms with Gasteiger partial charge >= 0.3 is 6.18 Å². The van der Waals surface area contributed by atoms with Crippen LogP contribution in [0, 0.1) is 0 Å². The molecule has 0 fully saturated rings. The van der Waals surface area contributed by atoms with Crippen LogP contribution >= 0.6 is 0 Å². The van der Waals surface area contributed by atoms with Gasteiger partial charge in [0.05, 0.1) is 23.8 Å². The average Bonchev–Trinajstić information content (AvgIpc) is 2.34. The van der Waals surface area contributed by atoms with Crippen molar-refractivity contribution >= 4 is 5.91 Å². The van der Waals surface area contributed by atoms with E-state index in [1.54, 1.807) is 6.92 Å². The van der Waals surface area contributed by atoms with Gasteiger partial charge in [-0.05, 0) is 12.5 Å². The third-order valence-corrected chi connectivity index (χ3v) is 2.42. The lowest BCUT2D eigenvalue weighted by molar-refractivity contribution is -0.138. The lowest BCUT2D eigenvalue weighted by Gasteiger charge is -2.16. The highest BCUT2D eigenvalue weighted by Gasteiger charge is 2.35. The van der Waals surface area contributed by atoms with E-state index in [2.05, 4.69) is 10.3 Å². The van der Waals surface area contributed by atoms with Gasteiger partial charge in [-0.3, -0.25) is 9.78 Å². The van der Waals surface area contributed by atoms with Gasteiger partial charge in [0.15, 0.2) is 0 Å². The third kappa shape index (κ3) is 3.43. The topological polar surface area (TPSA) is 62.2 Å². The molecule has 0 aliphatic rings. The summed E-state index contributed by atoms with van der Waals surface area (Å²) in [7, 11) is 0. The van der Waals surface area contributed by atoms with E-state index in [1.807, 2.05) is 0 Å². The first-order valence-electron chi connectivity index (χ1n) is 5.33. The van der Waals surface area contributed by atoms with Crippen LogP contribution in [0.4, 0.5) is 13.2 Å². The summed E-state index contributed by atoms with van der Waals surface area (Å²) in [5.41, 5.74) is -1.58. The fraction of sp³-hybridized carbons (Fsp3) is 0.455. The van der Waals surface area contributed by atoms with E-state index in [9.17, 15) is 18.0 Å². The predicted molar refractivity (Wildman–Crippen MR) is 57.9 cm³/mol. The lowest BCUT2D eigenvalue weighted by atomic mass is 10.1. The van der Waals surface area contributed by atoms with Gasteiger partial charge in [0.1, 0.15) is 0 Å². The zero-order valence-electron chi connectivity index (χ0n) is 9.66. The number of alkyl halides is 3. The summed E-state index contributed by atoms with van der Waals surface area (Å²) in [6.07, 6.45) is -2.36. The summed E-state index contributed by atoms with van der Waals surface area (Å²) in [4.78, 5) is 15.2. The number of nitrogens with one attached hydrogen (secondary N) is 1. The Hall–Kier alpha value is -1.63. The lowest BCUT2D eigenvalue weighted by Crippen LogP contribution is -2.37. The minimum atomic E-state index is -4.61. The predicted octanol–water partition coefficient (Wildman–Crippen LogP) is 1.60. The summed E-state index contributed by atoms with van der Waals surface area (Å²) < 4.78 is 38.0. The molecule has 1 rings (SSSR count). The van der Waals surface area contributed by atoms with Crippen LogP contribution in [0.15, 0.2) is 18.5 Å². The normalized spacial score (nSPS) is 13.2. The second-order valence-electron chi connectivity index (χ2n) is 3.68. The Bertz CT molecular complexity index is 417. The molecule has 0 saturated heterocycles. The fourth-order valence-corrected chi connectivity index (χ4v) is 1.36. The Labute approximate surface area is 102 Å². The maximum Gasteiger partial charge on any atom is 0.417 e. The number of carbonyl (C=O) groups excluding carboxylic acids is 1. The van der Waals surface area contributed by atoms with Crippen molar-refractivity contribution in [3.05, 3.63) is 29.6 Å². The number of hydrogen-bond acceptors (Lipinski definition) is 3. The van der Waals surface area contributed by atoms with Gasteiger partial charge in [0.25, 0.3) is 5.91 Å². The van der Waals surface area contributed by atoms with Crippen LogP contribution in [-0.2, 0) is 6.18 Å². The first-order chi connectivity index (χ1) is 8.40. The molecule has 1 atom stereocenters. The third-order valence-electron chi connectivity index (χ3n) is 2.42. The van der Waals surface area contributed by atoms with Crippen LogP contribution in [-0.4, -0.2) is 28.6 Å². The van der Waals surface area contributed by atoms with Gasteiger partial charge in [0.2, 0.25) is 0 Å². The van der Waals surface area contributed by atoms with E-state index in [0.29, 0.717) is 6.42 Å². The maximum atomic E-state index is 12.7. The number of halogens is 3. The molecule has 7 heteroatoms. The minimum absolute atomic E-state index is 0.330. The van der Waals surface area contributed by atoms with E-state index < -0.39 is 29.3 Å². The smallest absolute Gasteiger partial charge is 0.394 e. The summed E-state index contributed by atoms with van der Waals surface area (Å²) in [6.45, 7) is 1.37. The van der Waals surface area contributed by atoms with Crippen molar-refractivity contribution in [3.8, 4) is 0 Å². The van der Waals surface area contributed by atoms with E-state index >= 15 is 0 Å². The van der Waals surface area contributed by atoms with Crippen molar-refractivity contribution in [2.24, 2.45) is 0 Å². The molecule has 0 aliphatic carbocycles. The maximum absolute atomic E-state index is 12.7. The van der Waals surface area contributed by atoms with Crippen LogP contribution in [0.1, 0.15) is 29.3 Å². The second-order valence-corrected chi connectivity index (χ2v) is 3.68. The Morgan fingerprint density at radius 3 is 2.72 bits per heavy atom. The molecule has 0 aromatic carbocycles. The molecular formula is C11H13F3N2O2. The van der Waals surface area contributed by atoms with E-state index in [0.717, 1.165) is 18.5 Å². The standard InChI is InChI=1S/C11H13F3N2O2/c1-2-7(6-17)16-10(18)8-5-15-4-3-9(8)11(12,13)14/h3-5,7,17H,2,6H2,1H3,(H,16,18). The summed E-state index contributed by atoms with van der Waals surface area (Å²) >= 11 is 0. The largest absolute Gasteiger partial charge is 0.417 e. The van der Waals surface area contributed by atoms with Gasteiger partial charge < -0.3 is 10.4 Å². The van der Waals surface area contributed by atoms with Gasteiger partial charge in [-0.2, -0.15) is 13.2 Å². The summed E-state index contributed by atoms with van der Waals surface area (Å²) in [5.74, 6) is -0.892. The first kappa shape index (κ1) is 14.4. The quantitative estimate of drug-likeness (QED) is 0.866. The van der Waals surface area contributed by atoms with Crippen LogP contribution in [0.5, 0.6) is 0 Å². The van der Waals surface area contributed by atoms with Gasteiger partial charge in [-0.1, -0.05) is 6.92 Å². The van der Waals surface area contributed by atoms with Crippen LogP contribution in [0.3, 0.4) is 0 Å². The number of carbonyl (C=O) groups is 1. The molecular weight excluding hydrogens is 249 g/mol. The van der Waals surface area contributed by atoms with Crippen LogP contribution < -0.4 is 5.32 Å². The zero-order chi connectivity index (χ0) is 13.8. The number of pyridine rings is 1. The fourth-order valence-electron chi connectivity index (χ4n) is 1.36. The van der Waals surface area contributed by atoms with Crippen molar-refractivity contribution in [2.45, 2.75) is 25.6 Å². The second kappa shape index (κ2) is 5.81. The molecule has 1 aromatic rings. The molecule has 0 radical (unpaired) electrons. The van der Waals surface area contributed by atoms with Crippen molar-refractivity contribution in [1.82, 2.24) is 10.3 Å². The molecule has 1 unspecified atom stereocenters. The van der Waals surface area contributed by atoms with Crippen molar-refractivity contribution in [2.75, 3.05) is 6.61 Å². The molecule has 0 saturated carbocycles. The summed E-state index contributed by atoms with van der Waals surface area (Å²) in [6, 6.07) is 0.174. The highest BCUT2D eigenvalue weighted by Crippen LogP contribution is 2.31. The molecule has 2 N–H and O–H groups in total. The molecule has 0 aliphatic heterocycles. The average molecular weight is 262 g/mol. The highest BCUT2D eigenvalue weighted by atomic mass is 19.4. The molecule has 0 bridgehead atoms. The first-order valence-corrected chi connectivity index (χ1v) is 5.33. The molecule has 18 heavy (non-hydrogen) atoms. The minimum Gasteiger partial charge on any atom is -0.394 e. The van der Waals surface area contributed by atoms with Crippen molar-refractivity contribution in [1.29, 1.82) is 0 Å². The van der Waals surface area contributed by atoms with Gasteiger partial charge in [0, 0.05) is 12.4 Å². The van der Waals surface area contributed by atoms with E-state index in [4.69, 9.17) is 5.11 Å². The van der Waals surface area contributed by atoms with E-state index in [1.165, 1.54) is 0 Å². The van der Waals surface area contributed by atoms with Gasteiger partial charge in [-0.15, -0.1) is 0 Å². The van der Waals surface area contributed by atoms with Crippen LogP contribution in [0.2, 0.25) is 0 Å². The number of aliphatic hydroxyl groups is 1. The molecule has 100 valence electrons. The monoisotopic (exact) mass is 262 g/mol. The highest BCUT2D eigenvalue weighted by molar-refractivity contribution is 5.95. The number of hydrogen-bond donors (Lipinski definition) is 2. The SMILES string of the molecule is CCC(CO)NC(=O)c1cnccc1C(F)(F)F. The number of aliphatic hydroxyl groups excluding tert-OH is 1. The molecule has 0 spiro atoms. The summed E-state index contributed by atoms with van der Waals surface area (Å²) in [5, 5.41) is 11.2. The van der Waals surface area contributed by atoms with Crippen molar-refractivity contribution < 1.29 is 23.1 Å². The van der Waals surface area contributed by atoms with Gasteiger partial charge in [-0.25, -0.2) is 0 Å². The Morgan fingerprint density at radius 1 is 1.56 bits per heavy atom. The number of amides is 1. The number of rotatable bonds is 4. The Kier molecular flexibility index (Phi) is 4.66. The number of nitrogens with zero attached hydrogens (tertiary/aromatic N) is 1. The molecule has 1 amide bonds. The molecule has 1 aromatic heterocycles. The Balaban J connectivity index is 2.99. The number of aromatic nitrogens is 1. The molecule has 4 nitrogen and oxygen atoms in total. The van der Waals surface area contributed by atoms with Crippen LogP contribution in [0.25, 0.3) is 0 Å². The van der Waals surface area contributed by atoms with Crippen molar-refractivity contribution in [3.63, 3.8) is 0 Å². The van der Waals surface area contributed by atoms with E-state index in [-0.39, 0.29) is 6.61 Å². The Morgan fingerprint density at radius 2 is 2.22 bits per heavy atom. The zero-order valence-corrected chi connectivity index (χ0v) is 9.66. The molecule has 1 heterocycles.